The van der Waals surface area contributed by atoms with Crippen LogP contribution in [0.3, 0.4) is 0 Å². The Morgan fingerprint density at radius 1 is 1.00 bits per heavy atom. The van der Waals surface area contributed by atoms with Crippen molar-refractivity contribution in [3.05, 3.63) is 65.7 Å². The summed E-state index contributed by atoms with van der Waals surface area (Å²) in [6.07, 6.45) is 1.43. The van der Waals surface area contributed by atoms with Crippen LogP contribution in [0.5, 0.6) is 5.75 Å². The van der Waals surface area contributed by atoms with E-state index >= 15 is 0 Å². The van der Waals surface area contributed by atoms with Crippen molar-refractivity contribution in [1.29, 1.82) is 0 Å². The largest absolute Gasteiger partial charge is 0.493 e. The highest BCUT2D eigenvalue weighted by atomic mass is 35.5. The Labute approximate surface area is 138 Å². The lowest BCUT2D eigenvalue weighted by molar-refractivity contribution is 0.210. The molecule has 0 spiro atoms. The molecule has 0 saturated heterocycles. The third-order valence-electron chi connectivity index (χ3n) is 3.41. The van der Waals surface area contributed by atoms with Gasteiger partial charge in [-0.05, 0) is 38.1 Å². The number of hydrogen-bond acceptors (Lipinski definition) is 3. The number of aliphatic hydroxyl groups excluding tert-OH is 1. The first-order chi connectivity index (χ1) is 10.3. The Balaban J connectivity index is 0.00000242. The van der Waals surface area contributed by atoms with E-state index in [-0.39, 0.29) is 12.4 Å². The van der Waals surface area contributed by atoms with E-state index in [2.05, 4.69) is 5.32 Å². The molecule has 0 fully saturated rings. The summed E-state index contributed by atoms with van der Waals surface area (Å²) in [4.78, 5) is 0. The number of nitrogens with one attached hydrogen (secondary N) is 1. The molecule has 0 radical (unpaired) electrons. The van der Waals surface area contributed by atoms with E-state index in [4.69, 9.17) is 4.74 Å². The lowest BCUT2D eigenvalue weighted by Crippen LogP contribution is -2.10. The van der Waals surface area contributed by atoms with E-state index in [9.17, 15) is 5.11 Å². The Bertz CT molecular complexity index is 534. The van der Waals surface area contributed by atoms with Crippen LogP contribution in [0, 0.1) is 0 Å². The van der Waals surface area contributed by atoms with Crippen molar-refractivity contribution < 1.29 is 9.84 Å². The van der Waals surface area contributed by atoms with E-state index < -0.39 is 6.10 Å². The second-order valence-corrected chi connectivity index (χ2v) is 5.01. The molecule has 0 aromatic heterocycles. The second kappa shape index (κ2) is 10.2. The molecular weight excluding hydrogens is 298 g/mol. The molecule has 2 aromatic rings. The lowest BCUT2D eigenvalue weighted by Gasteiger charge is -2.16. The molecule has 3 nitrogen and oxygen atoms in total. The first-order valence-corrected chi connectivity index (χ1v) is 7.42. The normalized spacial score (nSPS) is 11.5. The van der Waals surface area contributed by atoms with Crippen LogP contribution in [0.25, 0.3) is 0 Å². The van der Waals surface area contributed by atoms with Gasteiger partial charge in [0.05, 0.1) is 6.61 Å². The average Bonchev–Trinajstić information content (AvgIpc) is 2.55. The number of para-hydroxylation sites is 1. The number of benzene rings is 2. The molecule has 0 aliphatic rings. The van der Waals surface area contributed by atoms with Gasteiger partial charge in [0.15, 0.2) is 0 Å². The van der Waals surface area contributed by atoms with E-state index in [1.807, 2.05) is 61.6 Å². The molecule has 2 aromatic carbocycles. The molecule has 2 rings (SSSR count). The van der Waals surface area contributed by atoms with Crippen molar-refractivity contribution in [3.63, 3.8) is 0 Å². The van der Waals surface area contributed by atoms with E-state index in [0.717, 1.165) is 36.3 Å². The predicted octanol–water partition coefficient (Wildman–Crippen LogP) is 3.57. The molecule has 0 heterocycles. The molecular formula is C18H24ClNO2. The molecule has 120 valence electrons. The van der Waals surface area contributed by atoms with Gasteiger partial charge < -0.3 is 15.2 Å². The summed E-state index contributed by atoms with van der Waals surface area (Å²) in [5.74, 6) is 0.762. The Morgan fingerprint density at radius 3 is 2.41 bits per heavy atom. The van der Waals surface area contributed by atoms with Crippen molar-refractivity contribution >= 4 is 12.4 Å². The van der Waals surface area contributed by atoms with Crippen molar-refractivity contribution in [1.82, 2.24) is 5.32 Å². The van der Waals surface area contributed by atoms with Crippen LogP contribution in [0.2, 0.25) is 0 Å². The van der Waals surface area contributed by atoms with Gasteiger partial charge in [-0.1, -0.05) is 48.5 Å². The topological polar surface area (TPSA) is 41.5 Å². The van der Waals surface area contributed by atoms with Gasteiger partial charge in [0.25, 0.3) is 0 Å². The minimum absolute atomic E-state index is 0. The maximum Gasteiger partial charge on any atom is 0.125 e. The van der Waals surface area contributed by atoms with Crippen LogP contribution in [-0.4, -0.2) is 25.3 Å². The number of halogens is 1. The Morgan fingerprint density at radius 2 is 1.68 bits per heavy atom. The Hall–Kier alpha value is -1.55. The van der Waals surface area contributed by atoms with Crippen molar-refractivity contribution in [3.8, 4) is 5.75 Å². The predicted molar refractivity (Wildman–Crippen MR) is 92.8 cm³/mol. The lowest BCUT2D eigenvalue weighted by atomic mass is 10.0. The van der Waals surface area contributed by atoms with Gasteiger partial charge in [0.1, 0.15) is 11.9 Å². The van der Waals surface area contributed by atoms with Crippen molar-refractivity contribution in [2.24, 2.45) is 0 Å². The number of aliphatic hydroxyl groups is 1. The number of unbranched alkanes of at least 4 members (excludes halogenated alkanes) is 1. The van der Waals surface area contributed by atoms with Gasteiger partial charge in [-0.25, -0.2) is 0 Å². The smallest absolute Gasteiger partial charge is 0.125 e. The van der Waals surface area contributed by atoms with Gasteiger partial charge >= 0.3 is 0 Å². The van der Waals surface area contributed by atoms with E-state index in [1.54, 1.807) is 0 Å². The highest BCUT2D eigenvalue weighted by molar-refractivity contribution is 5.85. The Kier molecular flexibility index (Phi) is 8.60. The fourth-order valence-corrected chi connectivity index (χ4v) is 2.24. The maximum absolute atomic E-state index is 10.5. The zero-order valence-corrected chi connectivity index (χ0v) is 13.7. The third-order valence-corrected chi connectivity index (χ3v) is 3.41. The van der Waals surface area contributed by atoms with Gasteiger partial charge in [-0.3, -0.25) is 0 Å². The number of hydrogen-bond donors (Lipinski definition) is 2. The molecule has 4 heteroatoms. The molecule has 1 unspecified atom stereocenters. The quantitative estimate of drug-likeness (QED) is 0.730. The van der Waals surface area contributed by atoms with Crippen LogP contribution in [0.15, 0.2) is 54.6 Å². The zero-order chi connectivity index (χ0) is 14.9. The molecule has 0 saturated carbocycles. The number of ether oxygens (including phenoxy) is 1. The van der Waals surface area contributed by atoms with Gasteiger partial charge in [-0.15, -0.1) is 12.4 Å². The highest BCUT2D eigenvalue weighted by Gasteiger charge is 2.14. The van der Waals surface area contributed by atoms with Crippen LogP contribution in [0.4, 0.5) is 0 Å². The summed E-state index contributed by atoms with van der Waals surface area (Å²) in [7, 11) is 1.95. The fourth-order valence-electron chi connectivity index (χ4n) is 2.24. The zero-order valence-electron chi connectivity index (χ0n) is 12.9. The van der Waals surface area contributed by atoms with Gasteiger partial charge in [0, 0.05) is 5.56 Å². The summed E-state index contributed by atoms with van der Waals surface area (Å²) in [5.41, 5.74) is 1.70. The first-order valence-electron chi connectivity index (χ1n) is 7.42. The summed E-state index contributed by atoms with van der Waals surface area (Å²) in [6, 6.07) is 17.3. The van der Waals surface area contributed by atoms with Crippen LogP contribution < -0.4 is 10.1 Å². The van der Waals surface area contributed by atoms with Crippen molar-refractivity contribution in [2.75, 3.05) is 20.2 Å². The van der Waals surface area contributed by atoms with E-state index in [1.165, 1.54) is 0 Å². The SMILES string of the molecule is CNCCCCOc1ccccc1C(O)c1ccccc1.Cl. The number of rotatable bonds is 8. The molecule has 22 heavy (non-hydrogen) atoms. The van der Waals surface area contributed by atoms with Gasteiger partial charge in [-0.2, -0.15) is 0 Å². The summed E-state index contributed by atoms with van der Waals surface area (Å²) < 4.78 is 5.84. The summed E-state index contributed by atoms with van der Waals surface area (Å²) in [6.45, 7) is 1.66. The molecule has 2 N–H and O–H groups in total. The minimum atomic E-state index is -0.653. The fraction of sp³-hybridized carbons (Fsp3) is 0.333. The third kappa shape index (κ3) is 5.34. The standard InChI is InChI=1S/C18H23NO2.ClH/c1-19-13-7-8-14-21-17-12-6-5-11-16(17)18(20)15-9-3-2-4-10-15;/h2-6,9-12,18-20H,7-8,13-14H2,1H3;1H. The minimum Gasteiger partial charge on any atom is -0.493 e. The van der Waals surface area contributed by atoms with Crippen LogP contribution in [-0.2, 0) is 0 Å². The monoisotopic (exact) mass is 321 g/mol. The highest BCUT2D eigenvalue weighted by Crippen LogP contribution is 2.29. The maximum atomic E-state index is 10.5. The van der Waals surface area contributed by atoms with E-state index in [0.29, 0.717) is 6.61 Å². The second-order valence-electron chi connectivity index (χ2n) is 5.01. The summed E-state index contributed by atoms with van der Waals surface area (Å²) in [5, 5.41) is 13.6. The van der Waals surface area contributed by atoms with Crippen LogP contribution in [0.1, 0.15) is 30.1 Å². The molecule has 0 aliphatic carbocycles. The first kappa shape index (κ1) is 18.5. The van der Waals surface area contributed by atoms with Crippen molar-refractivity contribution in [2.45, 2.75) is 18.9 Å². The molecule has 0 amide bonds. The molecule has 0 bridgehead atoms. The molecule has 1 atom stereocenters. The molecule has 0 aliphatic heterocycles. The average molecular weight is 322 g/mol. The summed E-state index contributed by atoms with van der Waals surface area (Å²) >= 11 is 0. The van der Waals surface area contributed by atoms with Crippen LogP contribution >= 0.6 is 12.4 Å². The van der Waals surface area contributed by atoms with Gasteiger partial charge in [0.2, 0.25) is 0 Å².